The molecule has 9 aromatic carbocycles. The summed E-state index contributed by atoms with van der Waals surface area (Å²) < 4.78 is 9.24. The molecular formula is C63H50IrN4O-2. The second-order valence-electron chi connectivity index (χ2n) is 19.5. The monoisotopic (exact) mass is 1070 g/mol. The molecule has 0 aliphatic rings. The Labute approximate surface area is 416 Å². The molecule has 0 bridgehead atoms. The van der Waals surface area contributed by atoms with Crippen molar-refractivity contribution in [1.82, 2.24) is 19.5 Å². The molecule has 0 unspecified atom stereocenters. The van der Waals surface area contributed by atoms with E-state index < -0.39 is 0 Å². The SMILES string of the molecule is CC(C)(C)c1cc(-c2ccccc2)cc(-c2ccccc2)c1-n1c(-c2[c-]ccc3c2oc2cc4c(ccc5ccccc54)cc23)nc2ccccc21.CC(C)(C)c1ccnc(-c2[c-]cccc2)n1.[Ir]. The first-order valence-electron chi connectivity index (χ1n) is 23.3. The number of para-hydroxylation sites is 2. The van der Waals surface area contributed by atoms with Crippen LogP contribution in [0, 0.1) is 12.1 Å². The second-order valence-corrected chi connectivity index (χ2v) is 19.5. The van der Waals surface area contributed by atoms with Gasteiger partial charge in [0.05, 0.1) is 34.0 Å². The third kappa shape index (κ3) is 8.56. The molecule has 0 aliphatic heterocycles. The molecule has 0 aliphatic carbocycles. The smallest absolute Gasteiger partial charge is 0.121 e. The molecular weight excluding hydrogens is 1020 g/mol. The Bertz CT molecular complexity index is 3810. The summed E-state index contributed by atoms with van der Waals surface area (Å²) in [6.07, 6.45) is 1.81. The van der Waals surface area contributed by atoms with Crippen molar-refractivity contribution in [2.45, 2.75) is 52.4 Å². The van der Waals surface area contributed by atoms with Crippen LogP contribution in [0.3, 0.4) is 0 Å². The van der Waals surface area contributed by atoms with E-state index in [-0.39, 0.29) is 30.9 Å². The van der Waals surface area contributed by atoms with E-state index in [9.17, 15) is 0 Å². The minimum atomic E-state index is -0.204. The zero-order valence-corrected chi connectivity index (χ0v) is 41.9. The van der Waals surface area contributed by atoms with Crippen LogP contribution in [0.2, 0.25) is 0 Å². The van der Waals surface area contributed by atoms with E-state index in [1.807, 2.05) is 42.6 Å². The summed E-state index contributed by atoms with van der Waals surface area (Å²) in [6, 6.07) is 72.6. The zero-order valence-electron chi connectivity index (χ0n) is 39.5. The maximum Gasteiger partial charge on any atom is 0.121 e. The molecule has 1 radical (unpaired) electrons. The van der Waals surface area contributed by atoms with Gasteiger partial charge in [0, 0.05) is 48.4 Å². The molecule has 0 atom stereocenters. The van der Waals surface area contributed by atoms with Crippen LogP contribution in [-0.4, -0.2) is 19.5 Å². The maximum atomic E-state index is 6.89. The molecule has 69 heavy (non-hydrogen) atoms. The Morgan fingerprint density at radius 1 is 0.522 bits per heavy atom. The van der Waals surface area contributed by atoms with Crippen molar-refractivity contribution in [2.24, 2.45) is 0 Å². The van der Waals surface area contributed by atoms with Crippen molar-refractivity contribution in [1.29, 1.82) is 0 Å². The number of hydrogen-bond donors (Lipinski definition) is 0. The fraction of sp³-hybridized carbons (Fsp3) is 0.127. The number of imidazole rings is 1. The van der Waals surface area contributed by atoms with Gasteiger partial charge in [-0.05, 0) is 91.7 Å². The molecule has 3 aromatic heterocycles. The van der Waals surface area contributed by atoms with Gasteiger partial charge in [0.1, 0.15) is 5.58 Å². The Hall–Kier alpha value is -7.50. The summed E-state index contributed by atoms with van der Waals surface area (Å²) in [5.74, 6) is 1.55. The average molecular weight is 1070 g/mol. The van der Waals surface area contributed by atoms with Crippen LogP contribution >= 0.6 is 0 Å². The van der Waals surface area contributed by atoms with Gasteiger partial charge in [-0.2, -0.15) is 0 Å². The van der Waals surface area contributed by atoms with E-state index in [4.69, 9.17) is 9.40 Å². The van der Waals surface area contributed by atoms with Crippen molar-refractivity contribution in [3.63, 3.8) is 0 Å². The van der Waals surface area contributed by atoms with Gasteiger partial charge in [0.15, 0.2) is 0 Å². The van der Waals surface area contributed by atoms with E-state index in [0.717, 1.165) is 78.3 Å². The van der Waals surface area contributed by atoms with Crippen LogP contribution in [0.5, 0.6) is 0 Å². The third-order valence-corrected chi connectivity index (χ3v) is 12.8. The Morgan fingerprint density at radius 3 is 1.99 bits per heavy atom. The Kier molecular flexibility index (Phi) is 11.9. The van der Waals surface area contributed by atoms with Gasteiger partial charge < -0.3 is 8.98 Å². The molecule has 3 heterocycles. The van der Waals surface area contributed by atoms with Gasteiger partial charge in [-0.3, -0.25) is 15.0 Å². The topological polar surface area (TPSA) is 56.7 Å². The van der Waals surface area contributed by atoms with Gasteiger partial charge >= 0.3 is 0 Å². The number of benzene rings is 9. The standard InChI is InChI=1S/C49H35N2O.C14H15N2.Ir/c1-49(2,3)42-29-35(31-15-6-4-7-16-31)28-40(32-17-8-5-9-18-32)46(42)51-44-24-13-12-23-43(44)50-48(51)38-22-14-21-37-41-27-34-26-25-33-19-10-11-20-36(33)39(34)30-45(41)52-47(37)38;1-14(2,3)12-9-10-15-13(16-12)11-7-5-4-6-8-11;/h4-21,23-30H,1-3H3;4-7,9-10H,1-3H3;/q2*-1;. The minimum absolute atomic E-state index is 0. The van der Waals surface area contributed by atoms with Gasteiger partial charge in [-0.1, -0.05) is 162 Å². The number of fused-ring (bicyclic) bond motifs is 7. The van der Waals surface area contributed by atoms with Crippen molar-refractivity contribution in [3.05, 3.63) is 218 Å². The zero-order chi connectivity index (χ0) is 46.6. The number of rotatable bonds is 5. The van der Waals surface area contributed by atoms with E-state index in [1.54, 1.807) is 0 Å². The van der Waals surface area contributed by atoms with Gasteiger partial charge in [0.25, 0.3) is 0 Å². The van der Waals surface area contributed by atoms with Crippen LogP contribution in [0.1, 0.15) is 52.8 Å². The van der Waals surface area contributed by atoms with Crippen LogP contribution in [0.4, 0.5) is 0 Å². The predicted octanol–water partition coefficient (Wildman–Crippen LogP) is 16.6. The summed E-state index contributed by atoms with van der Waals surface area (Å²) in [5.41, 5.74) is 13.3. The Morgan fingerprint density at radius 2 is 1.23 bits per heavy atom. The number of aromatic nitrogens is 4. The summed E-state index contributed by atoms with van der Waals surface area (Å²) in [6.45, 7) is 13.3. The molecule has 6 heteroatoms. The molecule has 12 rings (SSSR count). The van der Waals surface area contributed by atoms with Crippen LogP contribution in [0.15, 0.2) is 199 Å². The maximum absolute atomic E-state index is 6.89. The summed E-state index contributed by atoms with van der Waals surface area (Å²) in [7, 11) is 0. The first kappa shape index (κ1) is 45.3. The molecule has 0 fully saturated rings. The molecule has 12 aromatic rings. The number of furan rings is 1. The van der Waals surface area contributed by atoms with E-state index in [0.29, 0.717) is 0 Å². The van der Waals surface area contributed by atoms with Crippen molar-refractivity contribution < 1.29 is 24.5 Å². The van der Waals surface area contributed by atoms with E-state index >= 15 is 0 Å². The quantitative estimate of drug-likeness (QED) is 0.127. The summed E-state index contributed by atoms with van der Waals surface area (Å²) in [5, 5.41) is 6.95. The molecule has 0 amide bonds. The number of hydrogen-bond acceptors (Lipinski definition) is 4. The fourth-order valence-corrected chi connectivity index (χ4v) is 9.35. The van der Waals surface area contributed by atoms with Gasteiger partial charge in [-0.25, -0.2) is 0 Å². The molecule has 0 saturated heterocycles. The number of nitrogens with zero attached hydrogens (tertiary/aromatic N) is 4. The molecule has 0 spiro atoms. The normalized spacial score (nSPS) is 11.8. The Balaban J connectivity index is 0.000000277. The fourth-order valence-electron chi connectivity index (χ4n) is 9.35. The first-order valence-corrected chi connectivity index (χ1v) is 23.3. The van der Waals surface area contributed by atoms with Crippen molar-refractivity contribution >= 4 is 54.5 Å². The summed E-state index contributed by atoms with van der Waals surface area (Å²) in [4.78, 5) is 14.2. The van der Waals surface area contributed by atoms with Gasteiger partial charge in [-0.15, -0.1) is 54.1 Å². The van der Waals surface area contributed by atoms with Crippen LogP contribution in [-0.2, 0) is 30.9 Å². The molecule has 0 N–H and O–H groups in total. The molecule has 5 nitrogen and oxygen atoms in total. The molecule has 0 saturated carbocycles. The first-order chi connectivity index (χ1) is 33.0. The van der Waals surface area contributed by atoms with E-state index in [2.05, 4.69) is 220 Å². The summed E-state index contributed by atoms with van der Waals surface area (Å²) >= 11 is 0. The minimum Gasteiger partial charge on any atom is -0.501 e. The third-order valence-electron chi connectivity index (χ3n) is 12.8. The van der Waals surface area contributed by atoms with Crippen molar-refractivity contribution in [3.8, 4) is 50.7 Å². The van der Waals surface area contributed by atoms with Gasteiger partial charge in [0.2, 0.25) is 0 Å². The predicted molar refractivity (Wildman–Crippen MR) is 282 cm³/mol. The van der Waals surface area contributed by atoms with Crippen LogP contribution in [0.25, 0.3) is 105 Å². The molecule has 339 valence electrons. The van der Waals surface area contributed by atoms with E-state index in [1.165, 1.54) is 38.2 Å². The van der Waals surface area contributed by atoms with Crippen molar-refractivity contribution in [2.75, 3.05) is 0 Å². The average Bonchev–Trinajstić information content (AvgIpc) is 3.94. The second kappa shape index (κ2) is 18.2. The largest absolute Gasteiger partial charge is 0.501 e. The van der Waals surface area contributed by atoms with Crippen LogP contribution < -0.4 is 0 Å².